The molecular weight excluding hydrogens is 362 g/mol. The Hall–Kier alpha value is -3.43. The fourth-order valence-electron chi connectivity index (χ4n) is 3.22. The van der Waals surface area contributed by atoms with E-state index in [0.717, 1.165) is 11.4 Å². The summed E-state index contributed by atoms with van der Waals surface area (Å²) in [5.41, 5.74) is 2.10. The lowest BCUT2D eigenvalue weighted by Crippen LogP contribution is -2.49. The minimum Gasteiger partial charge on any atom is -0.494 e. The van der Waals surface area contributed by atoms with Gasteiger partial charge in [-0.1, -0.05) is 5.21 Å². The van der Waals surface area contributed by atoms with Crippen molar-refractivity contribution in [1.82, 2.24) is 29.9 Å². The number of piperazine rings is 1. The molecule has 4 rings (SSSR count). The molecule has 1 amide bonds. The molecule has 1 aliphatic rings. The van der Waals surface area contributed by atoms with Gasteiger partial charge in [-0.05, 0) is 31.2 Å². The van der Waals surface area contributed by atoms with Gasteiger partial charge in [-0.25, -0.2) is 14.8 Å². The molecule has 10 heteroatoms. The summed E-state index contributed by atoms with van der Waals surface area (Å²) in [7, 11) is 1.39. The van der Waals surface area contributed by atoms with Crippen LogP contribution in [0.4, 0.5) is 10.6 Å². The van der Waals surface area contributed by atoms with Crippen molar-refractivity contribution in [3.63, 3.8) is 0 Å². The van der Waals surface area contributed by atoms with Gasteiger partial charge in [0.2, 0.25) is 0 Å². The minimum atomic E-state index is -0.311. The van der Waals surface area contributed by atoms with E-state index >= 15 is 0 Å². The third-order valence-electron chi connectivity index (χ3n) is 4.62. The van der Waals surface area contributed by atoms with E-state index in [4.69, 9.17) is 9.47 Å². The second-order valence-electron chi connectivity index (χ2n) is 6.24. The quantitative estimate of drug-likeness (QED) is 0.668. The summed E-state index contributed by atoms with van der Waals surface area (Å²) in [4.78, 5) is 24.2. The highest BCUT2D eigenvalue weighted by Crippen LogP contribution is 2.24. The van der Waals surface area contributed by atoms with Crippen molar-refractivity contribution in [3.05, 3.63) is 30.6 Å². The maximum absolute atomic E-state index is 11.7. The van der Waals surface area contributed by atoms with Gasteiger partial charge in [0.15, 0.2) is 17.0 Å². The van der Waals surface area contributed by atoms with Gasteiger partial charge in [-0.2, -0.15) is 4.68 Å². The molecule has 0 unspecified atom stereocenters. The van der Waals surface area contributed by atoms with Crippen LogP contribution in [0, 0.1) is 0 Å². The predicted octanol–water partition coefficient (Wildman–Crippen LogP) is 1.50. The molecule has 0 saturated carbocycles. The number of anilines is 1. The number of amides is 1. The molecule has 0 N–H and O–H groups in total. The van der Waals surface area contributed by atoms with Gasteiger partial charge in [0.25, 0.3) is 0 Å². The second kappa shape index (κ2) is 7.67. The molecular formula is C18H21N7O3. The molecule has 0 bridgehead atoms. The number of hydrogen-bond donors (Lipinski definition) is 0. The van der Waals surface area contributed by atoms with Crippen LogP contribution in [-0.4, -0.2) is 75.9 Å². The van der Waals surface area contributed by atoms with E-state index in [1.807, 2.05) is 31.2 Å². The first-order valence-corrected chi connectivity index (χ1v) is 9.08. The normalized spacial score (nSPS) is 14.4. The van der Waals surface area contributed by atoms with Gasteiger partial charge in [0.05, 0.1) is 19.4 Å². The zero-order chi connectivity index (χ0) is 19.5. The van der Waals surface area contributed by atoms with Crippen molar-refractivity contribution in [2.45, 2.75) is 6.92 Å². The second-order valence-corrected chi connectivity index (χ2v) is 6.24. The molecule has 0 spiro atoms. The molecule has 3 aromatic rings. The number of carbonyl (C=O) groups is 1. The van der Waals surface area contributed by atoms with E-state index in [1.165, 1.54) is 13.4 Å². The van der Waals surface area contributed by atoms with Crippen molar-refractivity contribution in [3.8, 4) is 11.4 Å². The van der Waals surface area contributed by atoms with E-state index in [0.29, 0.717) is 49.8 Å². The van der Waals surface area contributed by atoms with Crippen LogP contribution < -0.4 is 9.64 Å². The summed E-state index contributed by atoms with van der Waals surface area (Å²) in [5, 5.41) is 8.57. The Morgan fingerprint density at radius 3 is 2.54 bits per heavy atom. The topological polar surface area (TPSA) is 98.5 Å². The molecule has 10 nitrogen and oxygen atoms in total. The third-order valence-corrected chi connectivity index (χ3v) is 4.62. The van der Waals surface area contributed by atoms with Crippen molar-refractivity contribution >= 4 is 23.1 Å². The smallest absolute Gasteiger partial charge is 0.409 e. The van der Waals surface area contributed by atoms with E-state index < -0.39 is 0 Å². The number of carbonyl (C=O) groups excluding carboxylic acids is 1. The van der Waals surface area contributed by atoms with Crippen LogP contribution in [0.3, 0.4) is 0 Å². The maximum Gasteiger partial charge on any atom is 0.409 e. The van der Waals surface area contributed by atoms with E-state index in [9.17, 15) is 4.79 Å². The van der Waals surface area contributed by atoms with E-state index in [-0.39, 0.29) is 6.09 Å². The first kappa shape index (κ1) is 18.0. The molecule has 1 fully saturated rings. The summed E-state index contributed by atoms with van der Waals surface area (Å²) in [6, 6.07) is 7.60. The SMILES string of the molecule is CCOc1ccc(-n2nnc3c(N4CCN(C(=O)OC)CC4)ncnc32)cc1. The Kier molecular flexibility index (Phi) is 4.92. The number of benzene rings is 1. The zero-order valence-corrected chi connectivity index (χ0v) is 15.8. The number of hydrogen-bond acceptors (Lipinski definition) is 8. The van der Waals surface area contributed by atoms with Crippen molar-refractivity contribution in [1.29, 1.82) is 0 Å². The fourth-order valence-corrected chi connectivity index (χ4v) is 3.22. The Balaban J connectivity index is 1.60. The molecule has 0 atom stereocenters. The Morgan fingerprint density at radius 1 is 1.11 bits per heavy atom. The summed E-state index contributed by atoms with van der Waals surface area (Å²) < 4.78 is 11.9. The van der Waals surface area contributed by atoms with Crippen LogP contribution in [0.2, 0.25) is 0 Å². The molecule has 3 heterocycles. The molecule has 1 aliphatic heterocycles. The molecule has 1 saturated heterocycles. The predicted molar refractivity (Wildman–Crippen MR) is 102 cm³/mol. The average molecular weight is 383 g/mol. The number of nitrogens with zero attached hydrogens (tertiary/aromatic N) is 7. The Morgan fingerprint density at radius 2 is 1.86 bits per heavy atom. The first-order chi connectivity index (χ1) is 13.7. The number of methoxy groups -OCH3 is 1. The molecule has 1 aromatic carbocycles. The fraction of sp³-hybridized carbons (Fsp3) is 0.389. The lowest BCUT2D eigenvalue weighted by Gasteiger charge is -2.34. The zero-order valence-electron chi connectivity index (χ0n) is 15.8. The van der Waals surface area contributed by atoms with Crippen LogP contribution in [0.25, 0.3) is 16.9 Å². The average Bonchev–Trinajstić information content (AvgIpc) is 3.18. The number of fused-ring (bicyclic) bond motifs is 1. The van der Waals surface area contributed by atoms with Crippen molar-refractivity contribution in [2.75, 3.05) is 44.8 Å². The van der Waals surface area contributed by atoms with E-state index in [1.54, 1.807) is 9.58 Å². The summed E-state index contributed by atoms with van der Waals surface area (Å²) in [6.07, 6.45) is 1.20. The van der Waals surface area contributed by atoms with Gasteiger partial charge in [0.1, 0.15) is 12.1 Å². The van der Waals surface area contributed by atoms with Gasteiger partial charge < -0.3 is 19.3 Å². The van der Waals surface area contributed by atoms with Crippen molar-refractivity contribution < 1.29 is 14.3 Å². The van der Waals surface area contributed by atoms with Crippen LogP contribution >= 0.6 is 0 Å². The highest BCUT2D eigenvalue weighted by molar-refractivity contribution is 5.83. The first-order valence-electron chi connectivity index (χ1n) is 9.08. The van der Waals surface area contributed by atoms with Gasteiger partial charge in [0, 0.05) is 26.2 Å². The van der Waals surface area contributed by atoms with Crippen LogP contribution in [-0.2, 0) is 4.74 Å². The molecule has 2 aromatic heterocycles. The lowest BCUT2D eigenvalue weighted by molar-refractivity contribution is 0.121. The number of ether oxygens (including phenoxy) is 2. The Labute approximate surface area is 161 Å². The van der Waals surface area contributed by atoms with Crippen molar-refractivity contribution in [2.24, 2.45) is 0 Å². The summed E-state index contributed by atoms with van der Waals surface area (Å²) in [6.45, 7) is 4.96. The third kappa shape index (κ3) is 3.28. The van der Waals surface area contributed by atoms with Gasteiger partial charge >= 0.3 is 6.09 Å². The van der Waals surface area contributed by atoms with Crippen LogP contribution in [0.15, 0.2) is 30.6 Å². The highest BCUT2D eigenvalue weighted by atomic mass is 16.5. The van der Waals surface area contributed by atoms with Gasteiger partial charge in [-0.15, -0.1) is 5.10 Å². The molecule has 0 aliphatic carbocycles. The largest absolute Gasteiger partial charge is 0.494 e. The van der Waals surface area contributed by atoms with Crippen LogP contribution in [0.5, 0.6) is 5.75 Å². The summed E-state index contributed by atoms with van der Waals surface area (Å²) in [5.74, 6) is 1.51. The lowest BCUT2D eigenvalue weighted by atomic mass is 10.3. The van der Waals surface area contributed by atoms with E-state index in [2.05, 4.69) is 25.2 Å². The molecule has 146 valence electrons. The minimum absolute atomic E-state index is 0.311. The highest BCUT2D eigenvalue weighted by Gasteiger charge is 2.25. The Bertz CT molecular complexity index is 965. The molecule has 0 radical (unpaired) electrons. The number of rotatable bonds is 4. The maximum atomic E-state index is 11.7. The number of aromatic nitrogens is 5. The van der Waals surface area contributed by atoms with Crippen LogP contribution in [0.1, 0.15) is 6.92 Å². The monoisotopic (exact) mass is 383 g/mol. The van der Waals surface area contributed by atoms with Gasteiger partial charge in [-0.3, -0.25) is 0 Å². The summed E-state index contributed by atoms with van der Waals surface area (Å²) >= 11 is 0. The molecule has 28 heavy (non-hydrogen) atoms. The standard InChI is InChI=1S/C18H21N7O3/c1-3-28-14-6-4-13(5-7-14)25-17-15(21-22-25)16(19-12-20-17)23-8-10-24(11-9-23)18(26)27-2/h4-7,12H,3,8-11H2,1-2H3.